The Morgan fingerprint density at radius 1 is 1.53 bits per heavy atom. The van der Waals surface area contributed by atoms with Gasteiger partial charge < -0.3 is 10.5 Å². The third kappa shape index (κ3) is 2.64. The van der Waals surface area contributed by atoms with Crippen molar-refractivity contribution in [3.8, 4) is 0 Å². The lowest BCUT2D eigenvalue weighted by Crippen LogP contribution is -2.36. The van der Waals surface area contributed by atoms with E-state index < -0.39 is 0 Å². The van der Waals surface area contributed by atoms with Crippen molar-refractivity contribution in [3.05, 3.63) is 5.69 Å². The fourth-order valence-corrected chi connectivity index (χ4v) is 2.25. The van der Waals surface area contributed by atoms with E-state index in [0.717, 1.165) is 43.3 Å². The van der Waals surface area contributed by atoms with E-state index in [2.05, 4.69) is 21.5 Å². The first-order valence-electron chi connectivity index (χ1n) is 5.12. The van der Waals surface area contributed by atoms with Gasteiger partial charge in [-0.05, 0) is 19.9 Å². The number of rotatable bonds is 3. The molecular formula is C9H16N4OS. The summed E-state index contributed by atoms with van der Waals surface area (Å²) in [6.07, 6.45) is 2.18. The Bertz CT molecular complexity index is 311. The van der Waals surface area contributed by atoms with Gasteiger partial charge in [0, 0.05) is 37.3 Å². The zero-order valence-corrected chi connectivity index (χ0v) is 9.66. The van der Waals surface area contributed by atoms with Crippen molar-refractivity contribution in [1.82, 2.24) is 14.5 Å². The van der Waals surface area contributed by atoms with E-state index in [1.165, 1.54) is 11.5 Å². The summed E-state index contributed by atoms with van der Waals surface area (Å²) in [6, 6.07) is 0.583. The first-order valence-corrected chi connectivity index (χ1v) is 5.89. The summed E-state index contributed by atoms with van der Waals surface area (Å²) in [5, 5.41) is 4.75. The summed E-state index contributed by atoms with van der Waals surface area (Å²) in [6.45, 7) is 2.51. The fraction of sp³-hybridized carbons (Fsp3) is 0.778. The molecule has 0 radical (unpaired) electrons. The molecule has 1 aromatic heterocycles. The van der Waals surface area contributed by atoms with Crippen LogP contribution in [0.3, 0.4) is 0 Å². The highest BCUT2D eigenvalue weighted by molar-refractivity contribution is 7.09. The molecule has 1 fully saturated rings. The van der Waals surface area contributed by atoms with Crippen LogP contribution >= 0.6 is 11.5 Å². The number of nitrogen functional groups attached to an aromatic ring is 1. The van der Waals surface area contributed by atoms with Crippen molar-refractivity contribution in [2.75, 3.05) is 26.0 Å². The molecule has 1 aromatic rings. The van der Waals surface area contributed by atoms with E-state index in [9.17, 15) is 0 Å². The van der Waals surface area contributed by atoms with Gasteiger partial charge in [0.1, 0.15) is 10.7 Å². The van der Waals surface area contributed by atoms with Gasteiger partial charge >= 0.3 is 0 Å². The SMILES string of the molecule is CN(Cc1nnsc1N)C1CCOCC1. The average molecular weight is 228 g/mol. The molecule has 1 aliphatic heterocycles. The van der Waals surface area contributed by atoms with Gasteiger partial charge in [0.05, 0.1) is 0 Å². The normalized spacial score (nSPS) is 18.5. The van der Waals surface area contributed by atoms with Gasteiger partial charge in [-0.3, -0.25) is 4.90 Å². The molecule has 0 atom stereocenters. The second-order valence-corrected chi connectivity index (χ2v) is 4.63. The summed E-state index contributed by atoms with van der Waals surface area (Å²) in [5.41, 5.74) is 6.66. The summed E-state index contributed by atoms with van der Waals surface area (Å²) in [5.74, 6) is 0. The molecular weight excluding hydrogens is 212 g/mol. The Morgan fingerprint density at radius 3 is 2.87 bits per heavy atom. The van der Waals surface area contributed by atoms with E-state index in [1.54, 1.807) is 0 Å². The minimum Gasteiger partial charge on any atom is -0.388 e. The van der Waals surface area contributed by atoms with Gasteiger partial charge in [-0.1, -0.05) is 4.49 Å². The van der Waals surface area contributed by atoms with Gasteiger partial charge in [-0.2, -0.15) is 0 Å². The van der Waals surface area contributed by atoms with Crippen molar-refractivity contribution < 1.29 is 4.74 Å². The van der Waals surface area contributed by atoms with Crippen LogP contribution in [0.15, 0.2) is 0 Å². The molecule has 5 nitrogen and oxygen atoms in total. The number of aromatic nitrogens is 2. The van der Waals surface area contributed by atoms with Crippen molar-refractivity contribution >= 4 is 16.5 Å². The Hall–Kier alpha value is -0.720. The van der Waals surface area contributed by atoms with E-state index in [1.807, 2.05) is 0 Å². The fourth-order valence-electron chi connectivity index (χ4n) is 1.82. The van der Waals surface area contributed by atoms with Crippen molar-refractivity contribution in [2.45, 2.75) is 25.4 Å². The smallest absolute Gasteiger partial charge is 0.132 e. The highest BCUT2D eigenvalue weighted by atomic mass is 32.1. The number of ether oxygens (including phenoxy) is 1. The maximum absolute atomic E-state index is 5.76. The Labute approximate surface area is 93.4 Å². The number of nitrogens with zero attached hydrogens (tertiary/aromatic N) is 3. The second-order valence-electron chi connectivity index (χ2n) is 3.84. The lowest BCUT2D eigenvalue weighted by atomic mass is 10.1. The molecule has 0 spiro atoms. The molecule has 2 heterocycles. The van der Waals surface area contributed by atoms with Crippen LogP contribution in [-0.2, 0) is 11.3 Å². The van der Waals surface area contributed by atoms with E-state index in [0.29, 0.717) is 6.04 Å². The monoisotopic (exact) mass is 228 g/mol. The molecule has 0 aromatic carbocycles. The lowest BCUT2D eigenvalue weighted by molar-refractivity contribution is 0.0404. The number of hydrogen-bond donors (Lipinski definition) is 1. The standard InChI is InChI=1S/C9H16N4OS/c1-13(7-2-4-14-5-3-7)6-8-9(10)15-12-11-8/h7H,2-6,10H2,1H3. The van der Waals surface area contributed by atoms with E-state index in [-0.39, 0.29) is 0 Å². The summed E-state index contributed by atoms with van der Waals surface area (Å²) in [7, 11) is 2.11. The quantitative estimate of drug-likeness (QED) is 0.826. The molecule has 0 aliphatic carbocycles. The number of nitrogens with two attached hydrogens (primary N) is 1. The van der Waals surface area contributed by atoms with E-state index in [4.69, 9.17) is 10.5 Å². The van der Waals surface area contributed by atoms with Gasteiger partial charge in [0.15, 0.2) is 0 Å². The predicted molar refractivity (Wildman–Crippen MR) is 59.6 cm³/mol. The maximum Gasteiger partial charge on any atom is 0.132 e. The van der Waals surface area contributed by atoms with Crippen molar-refractivity contribution in [2.24, 2.45) is 0 Å². The number of anilines is 1. The molecule has 0 saturated carbocycles. The van der Waals surface area contributed by atoms with Gasteiger partial charge in [0.25, 0.3) is 0 Å². The van der Waals surface area contributed by atoms with Crippen molar-refractivity contribution in [1.29, 1.82) is 0 Å². The minimum absolute atomic E-state index is 0.583. The van der Waals surface area contributed by atoms with Crippen LogP contribution in [0, 0.1) is 0 Å². The average Bonchev–Trinajstić information content (AvgIpc) is 2.66. The largest absolute Gasteiger partial charge is 0.388 e. The predicted octanol–water partition coefficient (Wildman–Crippen LogP) is 0.731. The summed E-state index contributed by atoms with van der Waals surface area (Å²) in [4.78, 5) is 2.29. The molecule has 0 bridgehead atoms. The lowest BCUT2D eigenvalue weighted by Gasteiger charge is -2.30. The first-order chi connectivity index (χ1) is 7.27. The van der Waals surface area contributed by atoms with Gasteiger partial charge in [-0.25, -0.2) is 0 Å². The second kappa shape index (κ2) is 4.87. The first kappa shape index (κ1) is 10.8. The third-order valence-corrected chi connectivity index (χ3v) is 3.39. The molecule has 6 heteroatoms. The van der Waals surface area contributed by atoms with Crippen LogP contribution in [0.25, 0.3) is 0 Å². The molecule has 0 unspecified atom stereocenters. The maximum atomic E-state index is 5.76. The summed E-state index contributed by atoms with van der Waals surface area (Å²) < 4.78 is 9.17. The highest BCUT2D eigenvalue weighted by Gasteiger charge is 2.19. The van der Waals surface area contributed by atoms with Crippen LogP contribution < -0.4 is 5.73 Å². The van der Waals surface area contributed by atoms with Crippen LogP contribution in [0.1, 0.15) is 18.5 Å². The highest BCUT2D eigenvalue weighted by Crippen LogP contribution is 2.18. The molecule has 1 saturated heterocycles. The minimum atomic E-state index is 0.583. The van der Waals surface area contributed by atoms with Crippen LogP contribution in [0.2, 0.25) is 0 Å². The van der Waals surface area contributed by atoms with Gasteiger partial charge in [-0.15, -0.1) is 5.10 Å². The Kier molecular flexibility index (Phi) is 3.50. The van der Waals surface area contributed by atoms with Crippen LogP contribution in [0.4, 0.5) is 5.00 Å². The van der Waals surface area contributed by atoms with Crippen LogP contribution in [-0.4, -0.2) is 40.8 Å². The zero-order valence-electron chi connectivity index (χ0n) is 8.85. The summed E-state index contributed by atoms with van der Waals surface area (Å²) >= 11 is 1.26. The zero-order chi connectivity index (χ0) is 10.7. The van der Waals surface area contributed by atoms with Crippen LogP contribution in [0.5, 0.6) is 0 Å². The van der Waals surface area contributed by atoms with Crippen molar-refractivity contribution in [3.63, 3.8) is 0 Å². The molecule has 0 amide bonds. The molecule has 2 rings (SSSR count). The molecule has 15 heavy (non-hydrogen) atoms. The third-order valence-electron chi connectivity index (χ3n) is 2.80. The number of hydrogen-bond acceptors (Lipinski definition) is 6. The molecule has 1 aliphatic rings. The van der Waals surface area contributed by atoms with E-state index >= 15 is 0 Å². The molecule has 2 N–H and O–H groups in total. The Morgan fingerprint density at radius 2 is 2.27 bits per heavy atom. The van der Waals surface area contributed by atoms with Gasteiger partial charge in [0.2, 0.25) is 0 Å². The Balaban J connectivity index is 1.91. The topological polar surface area (TPSA) is 64.3 Å². The molecule has 84 valence electrons.